The molecule has 0 saturated carbocycles. The molecular formula is C22H24F3N5O4S2. The van der Waals surface area contributed by atoms with E-state index in [0.29, 0.717) is 16.8 Å². The largest absolute Gasteiger partial charge is 0.416 e. The summed E-state index contributed by atoms with van der Waals surface area (Å²) in [6.07, 6.45) is -3.09. The summed E-state index contributed by atoms with van der Waals surface area (Å²) in [6, 6.07) is 10.8. The van der Waals surface area contributed by atoms with Crippen LogP contribution in [0.15, 0.2) is 59.6 Å². The Morgan fingerprint density at radius 2 is 1.50 bits per heavy atom. The summed E-state index contributed by atoms with van der Waals surface area (Å²) >= 11 is 0. The van der Waals surface area contributed by atoms with E-state index in [1.165, 1.54) is 47.1 Å². The molecule has 0 spiro atoms. The highest BCUT2D eigenvalue weighted by atomic mass is 32.2. The highest BCUT2D eigenvalue weighted by molar-refractivity contribution is 7.89. The highest BCUT2D eigenvalue weighted by Crippen LogP contribution is 2.33. The number of sulfonamides is 1. The van der Waals surface area contributed by atoms with Crippen molar-refractivity contribution < 1.29 is 30.0 Å². The average Bonchev–Trinajstić information content (AvgIpc) is 2.83. The number of rotatable bonds is 6. The van der Waals surface area contributed by atoms with E-state index in [1.807, 2.05) is 0 Å². The molecule has 0 radical (unpaired) electrons. The second-order valence-corrected chi connectivity index (χ2v) is 12.4. The van der Waals surface area contributed by atoms with Crippen molar-refractivity contribution >= 4 is 42.5 Å². The molecule has 4 rings (SSSR count). The Kier molecular flexibility index (Phi) is 7.00. The quantitative estimate of drug-likeness (QED) is 0.513. The molecule has 194 valence electrons. The van der Waals surface area contributed by atoms with Gasteiger partial charge in [0.15, 0.2) is 0 Å². The van der Waals surface area contributed by atoms with Gasteiger partial charge in [-0.15, -0.1) is 0 Å². The summed E-state index contributed by atoms with van der Waals surface area (Å²) in [4.78, 5) is 4.06. The van der Waals surface area contributed by atoms with Crippen LogP contribution in [0.1, 0.15) is 5.56 Å². The smallest absolute Gasteiger partial charge is 0.355 e. The van der Waals surface area contributed by atoms with Crippen LogP contribution in [-0.2, 0) is 26.4 Å². The Bertz CT molecular complexity index is 1470. The number of pyridine rings is 1. The van der Waals surface area contributed by atoms with Gasteiger partial charge in [-0.1, -0.05) is 6.07 Å². The number of nitrogens with zero attached hydrogens (tertiary/aromatic N) is 4. The van der Waals surface area contributed by atoms with E-state index in [1.54, 1.807) is 18.2 Å². The van der Waals surface area contributed by atoms with E-state index in [4.69, 9.17) is 0 Å². The van der Waals surface area contributed by atoms with E-state index in [2.05, 4.69) is 10.3 Å². The molecule has 9 nitrogen and oxygen atoms in total. The van der Waals surface area contributed by atoms with Gasteiger partial charge in [0.05, 0.1) is 16.0 Å². The maximum atomic E-state index is 13.1. The van der Waals surface area contributed by atoms with Crippen molar-refractivity contribution in [2.75, 3.05) is 45.6 Å². The lowest BCUT2D eigenvalue weighted by molar-refractivity contribution is -0.137. The molecule has 0 aliphatic carbocycles. The van der Waals surface area contributed by atoms with Crippen LogP contribution in [0.2, 0.25) is 0 Å². The van der Waals surface area contributed by atoms with Crippen LogP contribution in [0, 0.1) is 0 Å². The summed E-state index contributed by atoms with van der Waals surface area (Å²) in [7, 11) is -4.62. The fraction of sp³-hybridized carbons (Fsp3) is 0.318. The van der Waals surface area contributed by atoms with Gasteiger partial charge < -0.3 is 5.32 Å². The Hall–Kier alpha value is -2.78. The van der Waals surface area contributed by atoms with E-state index >= 15 is 0 Å². The monoisotopic (exact) mass is 543 g/mol. The van der Waals surface area contributed by atoms with Crippen molar-refractivity contribution in [2.24, 2.45) is 0 Å². The van der Waals surface area contributed by atoms with Gasteiger partial charge >= 0.3 is 6.18 Å². The first-order valence-corrected chi connectivity index (χ1v) is 13.6. The van der Waals surface area contributed by atoms with Crippen molar-refractivity contribution in [1.29, 1.82) is 0 Å². The number of aromatic nitrogens is 1. The topological polar surface area (TPSA) is 103 Å². The first-order valence-electron chi connectivity index (χ1n) is 10.8. The van der Waals surface area contributed by atoms with Gasteiger partial charge in [-0.2, -0.15) is 34.5 Å². The third-order valence-electron chi connectivity index (χ3n) is 5.83. The number of nitrogens with one attached hydrogen (secondary N) is 1. The second kappa shape index (κ2) is 9.59. The lowest BCUT2D eigenvalue weighted by Crippen LogP contribution is -2.52. The van der Waals surface area contributed by atoms with Crippen LogP contribution in [0.3, 0.4) is 0 Å². The third-order valence-corrected chi connectivity index (χ3v) is 9.68. The molecule has 14 heteroatoms. The van der Waals surface area contributed by atoms with Crippen molar-refractivity contribution in [2.45, 2.75) is 11.1 Å². The number of alkyl halides is 3. The molecule has 2 aromatic carbocycles. The maximum absolute atomic E-state index is 13.1. The van der Waals surface area contributed by atoms with E-state index in [9.17, 15) is 30.0 Å². The highest BCUT2D eigenvalue weighted by Gasteiger charge is 2.34. The number of benzene rings is 2. The van der Waals surface area contributed by atoms with Crippen LogP contribution in [0.4, 0.5) is 24.5 Å². The van der Waals surface area contributed by atoms with Crippen LogP contribution >= 0.6 is 0 Å². The lowest BCUT2D eigenvalue weighted by atomic mass is 10.1. The standard InChI is InChI=1S/C22H24F3N5O4S2/c1-28(2)36(33,34)30-13-11-29(12-14-30)35(31,32)18-6-4-17(5-7-18)27-20-9-10-26-21-15-16(22(23,24)25)3-8-19(20)21/h3-10,15H,11-14H2,1-2H3,(H,26,27). The molecule has 0 unspecified atom stereocenters. The molecule has 36 heavy (non-hydrogen) atoms. The minimum absolute atomic E-state index is 0.0261. The molecule has 3 aromatic rings. The molecule has 1 saturated heterocycles. The summed E-state index contributed by atoms with van der Waals surface area (Å²) in [5.74, 6) is 0. The molecule has 1 aromatic heterocycles. The fourth-order valence-corrected chi connectivity index (χ4v) is 6.33. The number of hydrogen-bond donors (Lipinski definition) is 1. The summed E-state index contributed by atoms with van der Waals surface area (Å²) in [5.41, 5.74) is 0.421. The van der Waals surface area contributed by atoms with Crippen molar-refractivity contribution in [3.05, 3.63) is 60.3 Å². The molecule has 0 bridgehead atoms. The van der Waals surface area contributed by atoms with Crippen LogP contribution in [0.25, 0.3) is 10.9 Å². The van der Waals surface area contributed by atoms with Crippen molar-refractivity contribution in [3.63, 3.8) is 0 Å². The normalized spacial score (nSPS) is 16.5. The van der Waals surface area contributed by atoms with Crippen molar-refractivity contribution in [1.82, 2.24) is 17.9 Å². The Morgan fingerprint density at radius 3 is 2.08 bits per heavy atom. The number of anilines is 2. The van der Waals surface area contributed by atoms with Gasteiger partial charge in [-0.05, 0) is 42.5 Å². The zero-order valence-corrected chi connectivity index (χ0v) is 21.0. The van der Waals surface area contributed by atoms with E-state index in [0.717, 1.165) is 16.4 Å². The predicted molar refractivity (Wildman–Crippen MR) is 129 cm³/mol. The average molecular weight is 544 g/mol. The van der Waals surface area contributed by atoms with Gasteiger partial charge in [0.25, 0.3) is 10.2 Å². The van der Waals surface area contributed by atoms with Gasteiger partial charge in [0, 0.05) is 63.2 Å². The number of piperazine rings is 1. The molecule has 0 atom stereocenters. The summed E-state index contributed by atoms with van der Waals surface area (Å²) in [5, 5.41) is 3.57. The molecule has 1 N–H and O–H groups in total. The van der Waals surface area contributed by atoms with Gasteiger partial charge in [-0.3, -0.25) is 4.98 Å². The zero-order chi connectivity index (χ0) is 26.3. The first kappa shape index (κ1) is 26.3. The first-order chi connectivity index (χ1) is 16.8. The zero-order valence-electron chi connectivity index (χ0n) is 19.4. The maximum Gasteiger partial charge on any atom is 0.416 e. The van der Waals surface area contributed by atoms with Gasteiger partial charge in [0.1, 0.15) is 0 Å². The molecule has 0 amide bonds. The van der Waals surface area contributed by atoms with Crippen LogP contribution in [0.5, 0.6) is 0 Å². The Balaban J connectivity index is 1.49. The summed E-state index contributed by atoms with van der Waals surface area (Å²) in [6.45, 7) is 0.145. The van der Waals surface area contributed by atoms with Gasteiger partial charge in [0.2, 0.25) is 10.0 Å². The molecule has 1 aliphatic rings. The van der Waals surface area contributed by atoms with E-state index in [-0.39, 0.29) is 36.6 Å². The minimum Gasteiger partial charge on any atom is -0.355 e. The molecule has 1 aliphatic heterocycles. The van der Waals surface area contributed by atoms with Crippen LogP contribution < -0.4 is 5.32 Å². The lowest BCUT2D eigenvalue weighted by Gasteiger charge is -2.34. The molecule has 1 fully saturated rings. The number of hydrogen-bond acceptors (Lipinski definition) is 6. The fourth-order valence-electron chi connectivity index (χ4n) is 3.82. The molecule has 2 heterocycles. The SMILES string of the molecule is CN(C)S(=O)(=O)N1CCN(S(=O)(=O)c2ccc(Nc3ccnc4cc(C(F)(F)F)ccc34)cc2)CC1. The third kappa shape index (κ3) is 5.18. The van der Waals surface area contributed by atoms with Crippen molar-refractivity contribution in [3.8, 4) is 0 Å². The second-order valence-electron chi connectivity index (χ2n) is 8.33. The van der Waals surface area contributed by atoms with E-state index < -0.39 is 32.0 Å². The predicted octanol–water partition coefficient (Wildman–Crippen LogP) is 3.11. The summed E-state index contributed by atoms with van der Waals surface area (Å²) < 4.78 is 93.2. The Labute approximate surface area is 207 Å². The van der Waals surface area contributed by atoms with Gasteiger partial charge in [-0.25, -0.2) is 8.42 Å². The minimum atomic E-state index is -4.48. The number of halogens is 3. The van der Waals surface area contributed by atoms with Crippen LogP contribution in [-0.4, -0.2) is 75.0 Å². The Morgan fingerprint density at radius 1 is 0.889 bits per heavy atom. The number of fused-ring (bicyclic) bond motifs is 1. The molecular weight excluding hydrogens is 519 g/mol.